The molecule has 0 bridgehead atoms. The number of hydrogen-bond acceptors (Lipinski definition) is 6. The lowest BCUT2D eigenvalue weighted by Crippen LogP contribution is -2.64. The van der Waals surface area contributed by atoms with E-state index in [-0.39, 0.29) is 5.91 Å². The van der Waals surface area contributed by atoms with Crippen LogP contribution in [0.2, 0.25) is 0 Å². The molecule has 5 atom stereocenters. The van der Waals surface area contributed by atoms with Crippen LogP contribution < -0.4 is 5.32 Å². The summed E-state index contributed by atoms with van der Waals surface area (Å²) in [6, 6.07) is -0.548. The van der Waals surface area contributed by atoms with Gasteiger partial charge in [0.25, 0.3) is 0 Å². The molecule has 0 radical (unpaired) electrons. The molecule has 0 saturated carbocycles. The maximum Gasteiger partial charge on any atom is 0.303 e. The number of nitrogens with one attached hydrogen (secondary N) is 1. The maximum atomic E-state index is 11.3. The van der Waals surface area contributed by atoms with Gasteiger partial charge < -0.3 is 24.3 Å². The van der Waals surface area contributed by atoms with Gasteiger partial charge in [-0.15, -0.1) is 0 Å². The Labute approximate surface area is 112 Å². The molecule has 0 unspecified atom stereocenters. The third-order valence-electron chi connectivity index (χ3n) is 2.96. The molecule has 1 N–H and O–H groups in total. The van der Waals surface area contributed by atoms with Gasteiger partial charge in [-0.2, -0.15) is 0 Å². The Hall–Kier alpha value is -1.18. The molecule has 1 amide bonds. The number of rotatable bonds is 4. The van der Waals surface area contributed by atoms with E-state index in [9.17, 15) is 9.59 Å². The van der Waals surface area contributed by atoms with E-state index in [0.29, 0.717) is 0 Å². The summed E-state index contributed by atoms with van der Waals surface area (Å²) < 4.78 is 21.4. The first kappa shape index (κ1) is 15.9. The van der Waals surface area contributed by atoms with Crippen LogP contribution in [0.15, 0.2) is 0 Å². The third kappa shape index (κ3) is 3.89. The van der Waals surface area contributed by atoms with E-state index in [0.717, 1.165) is 0 Å². The highest BCUT2D eigenvalue weighted by atomic mass is 16.7. The molecule has 110 valence electrons. The molecule has 1 aliphatic rings. The van der Waals surface area contributed by atoms with Crippen molar-refractivity contribution in [2.24, 2.45) is 0 Å². The van der Waals surface area contributed by atoms with Crippen molar-refractivity contribution >= 4 is 11.9 Å². The summed E-state index contributed by atoms with van der Waals surface area (Å²) >= 11 is 0. The number of hydrogen-bond donors (Lipinski definition) is 1. The number of carbonyl (C=O) groups excluding carboxylic acids is 2. The first-order valence-corrected chi connectivity index (χ1v) is 6.06. The van der Waals surface area contributed by atoms with E-state index in [2.05, 4.69) is 5.32 Å². The molecule has 1 saturated heterocycles. The van der Waals surface area contributed by atoms with Gasteiger partial charge in [-0.25, -0.2) is 0 Å². The molecule has 19 heavy (non-hydrogen) atoms. The summed E-state index contributed by atoms with van der Waals surface area (Å²) in [6.07, 6.45) is -2.20. The van der Waals surface area contributed by atoms with E-state index in [4.69, 9.17) is 18.9 Å². The second kappa shape index (κ2) is 6.83. The fraction of sp³-hybridized carbons (Fsp3) is 0.833. The van der Waals surface area contributed by atoms with Crippen LogP contribution in [0.25, 0.3) is 0 Å². The highest BCUT2D eigenvalue weighted by molar-refractivity contribution is 5.73. The van der Waals surface area contributed by atoms with Crippen LogP contribution >= 0.6 is 0 Å². The Balaban J connectivity index is 2.94. The molecule has 0 spiro atoms. The van der Waals surface area contributed by atoms with Gasteiger partial charge in [-0.1, -0.05) is 0 Å². The highest BCUT2D eigenvalue weighted by Gasteiger charge is 2.47. The third-order valence-corrected chi connectivity index (χ3v) is 2.96. The lowest BCUT2D eigenvalue weighted by atomic mass is 9.97. The molecular formula is C12H21NO6. The topological polar surface area (TPSA) is 83.1 Å². The zero-order valence-corrected chi connectivity index (χ0v) is 11.8. The Kier molecular flexibility index (Phi) is 5.71. The van der Waals surface area contributed by atoms with E-state index >= 15 is 0 Å². The second-order valence-corrected chi connectivity index (χ2v) is 4.45. The van der Waals surface area contributed by atoms with Crippen molar-refractivity contribution in [2.75, 3.05) is 14.2 Å². The van der Waals surface area contributed by atoms with Crippen molar-refractivity contribution in [2.45, 2.75) is 51.4 Å². The van der Waals surface area contributed by atoms with Crippen molar-refractivity contribution in [3.05, 3.63) is 0 Å². The van der Waals surface area contributed by atoms with E-state index in [1.807, 2.05) is 0 Å². The summed E-state index contributed by atoms with van der Waals surface area (Å²) in [5, 5.41) is 2.70. The smallest absolute Gasteiger partial charge is 0.303 e. The van der Waals surface area contributed by atoms with Crippen molar-refractivity contribution in [1.82, 2.24) is 5.32 Å². The monoisotopic (exact) mass is 275 g/mol. The molecule has 0 aromatic rings. The Morgan fingerprint density at radius 1 is 1.11 bits per heavy atom. The number of ether oxygens (including phenoxy) is 4. The molecular weight excluding hydrogens is 254 g/mol. The van der Waals surface area contributed by atoms with Crippen LogP contribution in [0.4, 0.5) is 0 Å². The van der Waals surface area contributed by atoms with Gasteiger partial charge in [-0.3, -0.25) is 9.59 Å². The van der Waals surface area contributed by atoms with Crippen LogP contribution in [0.5, 0.6) is 0 Å². The van der Waals surface area contributed by atoms with Crippen LogP contribution in [-0.2, 0) is 28.5 Å². The largest absolute Gasteiger partial charge is 0.457 e. The number of amides is 1. The molecule has 0 aliphatic carbocycles. The van der Waals surface area contributed by atoms with Gasteiger partial charge in [0.05, 0.1) is 6.10 Å². The van der Waals surface area contributed by atoms with Crippen LogP contribution in [0, 0.1) is 0 Å². The predicted molar refractivity (Wildman–Crippen MR) is 65.3 cm³/mol. The van der Waals surface area contributed by atoms with Gasteiger partial charge in [0.15, 0.2) is 12.4 Å². The van der Waals surface area contributed by atoms with Gasteiger partial charge in [0, 0.05) is 28.1 Å². The molecule has 1 rings (SSSR count). The van der Waals surface area contributed by atoms with Crippen LogP contribution in [0.1, 0.15) is 20.8 Å². The summed E-state index contributed by atoms with van der Waals surface area (Å²) in [4.78, 5) is 22.4. The van der Waals surface area contributed by atoms with Crippen molar-refractivity contribution < 1.29 is 28.5 Å². The normalized spacial score (nSPS) is 34.7. The summed E-state index contributed by atoms with van der Waals surface area (Å²) in [5.74, 6) is -0.672. The number of methoxy groups -OCH3 is 2. The first-order valence-electron chi connectivity index (χ1n) is 6.06. The predicted octanol–water partition coefficient (Wildman–Crippen LogP) is -0.171. The van der Waals surface area contributed by atoms with E-state index in [1.165, 1.54) is 28.1 Å². The summed E-state index contributed by atoms with van der Waals surface area (Å²) in [7, 11) is 2.96. The lowest BCUT2D eigenvalue weighted by molar-refractivity contribution is -0.261. The van der Waals surface area contributed by atoms with Crippen molar-refractivity contribution in [3.8, 4) is 0 Å². The zero-order chi connectivity index (χ0) is 14.6. The fourth-order valence-electron chi connectivity index (χ4n) is 2.22. The second-order valence-electron chi connectivity index (χ2n) is 4.45. The molecule has 0 aromatic carbocycles. The van der Waals surface area contributed by atoms with Gasteiger partial charge in [-0.05, 0) is 6.92 Å². The molecule has 7 nitrogen and oxygen atoms in total. The van der Waals surface area contributed by atoms with Crippen molar-refractivity contribution in [1.29, 1.82) is 0 Å². The molecule has 7 heteroatoms. The van der Waals surface area contributed by atoms with E-state index < -0.39 is 36.6 Å². The number of carbonyl (C=O) groups is 2. The van der Waals surface area contributed by atoms with Crippen LogP contribution in [-0.4, -0.2) is 56.7 Å². The lowest BCUT2D eigenvalue weighted by Gasteiger charge is -2.43. The van der Waals surface area contributed by atoms with Gasteiger partial charge >= 0.3 is 5.97 Å². The average Bonchev–Trinajstić information content (AvgIpc) is 2.32. The minimum Gasteiger partial charge on any atom is -0.457 e. The Bertz CT molecular complexity index is 334. The van der Waals surface area contributed by atoms with Gasteiger partial charge in [0.2, 0.25) is 5.91 Å². The maximum absolute atomic E-state index is 11.3. The zero-order valence-electron chi connectivity index (χ0n) is 11.8. The molecule has 1 aliphatic heterocycles. The first-order chi connectivity index (χ1) is 8.90. The van der Waals surface area contributed by atoms with Gasteiger partial charge in [0.1, 0.15) is 12.1 Å². The standard InChI is InChI=1S/C12H21NO6/c1-6-10(19-8(3)15)11(16-4)9(13-7(2)14)12(17-5)18-6/h6,9-12H,1-5H3,(H,13,14)/t6-,9+,10+,11-,12+/m1/s1. The molecule has 0 aromatic heterocycles. The summed E-state index contributed by atoms with van der Waals surface area (Å²) in [6.45, 7) is 4.46. The molecule has 1 heterocycles. The fourth-order valence-corrected chi connectivity index (χ4v) is 2.22. The summed E-state index contributed by atoms with van der Waals surface area (Å²) in [5.41, 5.74) is 0. The molecule has 1 fully saturated rings. The Morgan fingerprint density at radius 2 is 1.74 bits per heavy atom. The number of esters is 1. The minimum atomic E-state index is -0.657. The van der Waals surface area contributed by atoms with E-state index in [1.54, 1.807) is 6.92 Å². The Morgan fingerprint density at radius 3 is 2.16 bits per heavy atom. The van der Waals surface area contributed by atoms with Crippen LogP contribution in [0.3, 0.4) is 0 Å². The average molecular weight is 275 g/mol. The van der Waals surface area contributed by atoms with Crippen molar-refractivity contribution in [3.63, 3.8) is 0 Å². The quantitative estimate of drug-likeness (QED) is 0.717. The highest BCUT2D eigenvalue weighted by Crippen LogP contribution is 2.26. The minimum absolute atomic E-state index is 0.242. The SMILES string of the molecule is CO[C@H]1O[C@H](C)[C@H](OC(C)=O)[C@H](OC)[C@@H]1NC(C)=O.